The van der Waals surface area contributed by atoms with Crippen LogP contribution in [-0.2, 0) is 0 Å². The lowest BCUT2D eigenvalue weighted by molar-refractivity contribution is 0.197. The van der Waals surface area contributed by atoms with E-state index in [1.165, 1.54) is 25.9 Å². The van der Waals surface area contributed by atoms with Crippen LogP contribution in [0.5, 0.6) is 5.75 Å². The third-order valence-corrected chi connectivity index (χ3v) is 3.79. The standard InChI is InChI=1S/C14H21ClN2O/c15-13-5-1-2-6-14(13)18-10-7-12(11-16)17-8-3-4-9-17/h1-2,5-6,12H,3-4,7-11,16H2. The van der Waals surface area contributed by atoms with E-state index in [0.717, 1.165) is 12.2 Å². The van der Waals surface area contributed by atoms with Crippen molar-refractivity contribution in [2.45, 2.75) is 25.3 Å². The number of hydrogen-bond donors (Lipinski definition) is 1. The highest BCUT2D eigenvalue weighted by Crippen LogP contribution is 2.23. The fourth-order valence-corrected chi connectivity index (χ4v) is 2.61. The van der Waals surface area contributed by atoms with E-state index >= 15 is 0 Å². The van der Waals surface area contributed by atoms with Crippen molar-refractivity contribution in [3.8, 4) is 5.75 Å². The molecule has 1 fully saturated rings. The first-order chi connectivity index (χ1) is 8.81. The molecule has 18 heavy (non-hydrogen) atoms. The van der Waals surface area contributed by atoms with Gasteiger partial charge in [0.15, 0.2) is 0 Å². The van der Waals surface area contributed by atoms with Crippen molar-refractivity contribution in [3.63, 3.8) is 0 Å². The molecular formula is C14H21ClN2O. The zero-order chi connectivity index (χ0) is 12.8. The van der Waals surface area contributed by atoms with Crippen molar-refractivity contribution in [2.24, 2.45) is 5.73 Å². The Bertz CT molecular complexity index is 367. The van der Waals surface area contributed by atoms with Crippen molar-refractivity contribution in [2.75, 3.05) is 26.2 Å². The Morgan fingerprint density at radius 3 is 2.67 bits per heavy atom. The van der Waals surface area contributed by atoms with Crippen molar-refractivity contribution in [1.29, 1.82) is 0 Å². The SMILES string of the molecule is NCC(CCOc1ccccc1Cl)N1CCCC1. The van der Waals surface area contributed by atoms with Gasteiger partial charge in [0.25, 0.3) is 0 Å². The molecule has 0 spiro atoms. The molecule has 1 saturated heterocycles. The van der Waals surface area contributed by atoms with Crippen LogP contribution < -0.4 is 10.5 Å². The predicted molar refractivity (Wildman–Crippen MR) is 75.2 cm³/mol. The third-order valence-electron chi connectivity index (χ3n) is 3.47. The molecule has 4 heteroatoms. The van der Waals surface area contributed by atoms with Gasteiger partial charge in [-0.1, -0.05) is 23.7 Å². The number of halogens is 1. The molecule has 0 aromatic heterocycles. The van der Waals surface area contributed by atoms with Crippen LogP contribution in [0.25, 0.3) is 0 Å². The summed E-state index contributed by atoms with van der Waals surface area (Å²) in [6.45, 7) is 3.72. The van der Waals surface area contributed by atoms with Gasteiger partial charge in [0.1, 0.15) is 5.75 Å². The Balaban J connectivity index is 1.78. The van der Waals surface area contributed by atoms with Crippen molar-refractivity contribution in [3.05, 3.63) is 29.3 Å². The molecule has 1 heterocycles. The first kappa shape index (κ1) is 13.7. The molecule has 0 amide bonds. The monoisotopic (exact) mass is 268 g/mol. The number of nitrogens with two attached hydrogens (primary N) is 1. The summed E-state index contributed by atoms with van der Waals surface area (Å²) in [6.07, 6.45) is 3.55. The van der Waals surface area contributed by atoms with Gasteiger partial charge in [-0.15, -0.1) is 0 Å². The highest BCUT2D eigenvalue weighted by Gasteiger charge is 2.20. The largest absolute Gasteiger partial charge is 0.492 e. The zero-order valence-electron chi connectivity index (χ0n) is 10.6. The molecule has 1 atom stereocenters. The summed E-state index contributed by atoms with van der Waals surface area (Å²) in [5.74, 6) is 0.761. The van der Waals surface area contributed by atoms with Crippen LogP contribution in [0.2, 0.25) is 5.02 Å². The summed E-state index contributed by atoms with van der Waals surface area (Å²) in [7, 11) is 0. The van der Waals surface area contributed by atoms with E-state index in [-0.39, 0.29) is 0 Å². The normalized spacial score (nSPS) is 17.9. The van der Waals surface area contributed by atoms with E-state index in [1.54, 1.807) is 0 Å². The van der Waals surface area contributed by atoms with E-state index < -0.39 is 0 Å². The lowest BCUT2D eigenvalue weighted by atomic mass is 10.2. The molecule has 1 aliphatic rings. The highest BCUT2D eigenvalue weighted by molar-refractivity contribution is 6.32. The number of para-hydroxylation sites is 1. The van der Waals surface area contributed by atoms with Crippen LogP contribution in [-0.4, -0.2) is 37.2 Å². The summed E-state index contributed by atoms with van der Waals surface area (Å²) in [4.78, 5) is 2.47. The van der Waals surface area contributed by atoms with Gasteiger partial charge in [-0.05, 0) is 44.5 Å². The van der Waals surface area contributed by atoms with Crippen LogP contribution in [0.1, 0.15) is 19.3 Å². The molecule has 1 unspecified atom stereocenters. The molecule has 1 aromatic carbocycles. The van der Waals surface area contributed by atoms with Gasteiger partial charge in [-0.2, -0.15) is 0 Å². The number of rotatable bonds is 6. The maximum absolute atomic E-state index is 6.04. The summed E-state index contributed by atoms with van der Waals surface area (Å²) in [5, 5.41) is 0.669. The minimum atomic E-state index is 0.440. The third kappa shape index (κ3) is 3.61. The second-order valence-corrected chi connectivity index (χ2v) is 5.11. The number of ether oxygens (including phenoxy) is 1. The topological polar surface area (TPSA) is 38.5 Å². The molecule has 0 saturated carbocycles. The quantitative estimate of drug-likeness (QED) is 0.862. The molecule has 1 aliphatic heterocycles. The first-order valence-corrected chi connectivity index (χ1v) is 7.00. The van der Waals surface area contributed by atoms with E-state index in [9.17, 15) is 0 Å². The molecule has 2 rings (SSSR count). The Hall–Kier alpha value is -0.770. The lowest BCUT2D eigenvalue weighted by Gasteiger charge is -2.26. The summed E-state index contributed by atoms with van der Waals surface area (Å²) in [5.41, 5.74) is 5.84. The van der Waals surface area contributed by atoms with E-state index in [0.29, 0.717) is 24.2 Å². The number of likely N-dealkylation sites (tertiary alicyclic amines) is 1. The minimum Gasteiger partial charge on any atom is -0.492 e. The molecule has 0 aliphatic carbocycles. The maximum atomic E-state index is 6.04. The average molecular weight is 269 g/mol. The Kier molecular flexibility index (Phi) is 5.29. The fourth-order valence-electron chi connectivity index (χ4n) is 2.42. The predicted octanol–water partition coefficient (Wildman–Crippen LogP) is 2.53. The van der Waals surface area contributed by atoms with Crippen LogP contribution in [0, 0.1) is 0 Å². The second-order valence-electron chi connectivity index (χ2n) is 4.70. The van der Waals surface area contributed by atoms with Gasteiger partial charge in [-0.3, -0.25) is 4.90 Å². The van der Waals surface area contributed by atoms with Gasteiger partial charge in [-0.25, -0.2) is 0 Å². The van der Waals surface area contributed by atoms with Crippen molar-refractivity contribution < 1.29 is 4.74 Å². The van der Waals surface area contributed by atoms with Gasteiger partial charge >= 0.3 is 0 Å². The van der Waals surface area contributed by atoms with Gasteiger partial charge in [0, 0.05) is 12.6 Å². The molecule has 2 N–H and O–H groups in total. The van der Waals surface area contributed by atoms with Crippen LogP contribution in [0.4, 0.5) is 0 Å². The lowest BCUT2D eigenvalue weighted by Crippen LogP contribution is -2.39. The average Bonchev–Trinajstić information content (AvgIpc) is 2.90. The molecular weight excluding hydrogens is 248 g/mol. The second kappa shape index (κ2) is 6.98. The van der Waals surface area contributed by atoms with E-state index in [1.807, 2.05) is 24.3 Å². The van der Waals surface area contributed by atoms with Gasteiger partial charge in [0.2, 0.25) is 0 Å². The smallest absolute Gasteiger partial charge is 0.137 e. The maximum Gasteiger partial charge on any atom is 0.137 e. The molecule has 1 aromatic rings. The molecule has 100 valence electrons. The first-order valence-electron chi connectivity index (χ1n) is 6.62. The summed E-state index contributed by atoms with van der Waals surface area (Å²) in [6, 6.07) is 8.02. The Morgan fingerprint density at radius 1 is 1.28 bits per heavy atom. The highest BCUT2D eigenvalue weighted by atomic mass is 35.5. The summed E-state index contributed by atoms with van der Waals surface area (Å²) < 4.78 is 5.71. The van der Waals surface area contributed by atoms with Crippen LogP contribution in [0.3, 0.4) is 0 Å². The fraction of sp³-hybridized carbons (Fsp3) is 0.571. The van der Waals surface area contributed by atoms with Crippen molar-refractivity contribution in [1.82, 2.24) is 4.90 Å². The zero-order valence-corrected chi connectivity index (χ0v) is 11.4. The summed E-state index contributed by atoms with van der Waals surface area (Å²) >= 11 is 6.04. The minimum absolute atomic E-state index is 0.440. The van der Waals surface area contributed by atoms with Crippen molar-refractivity contribution >= 4 is 11.6 Å². The van der Waals surface area contributed by atoms with E-state index in [4.69, 9.17) is 22.1 Å². The molecule has 0 radical (unpaired) electrons. The molecule has 3 nitrogen and oxygen atoms in total. The van der Waals surface area contributed by atoms with Gasteiger partial charge in [0.05, 0.1) is 11.6 Å². The molecule has 0 bridgehead atoms. The number of hydrogen-bond acceptors (Lipinski definition) is 3. The van der Waals surface area contributed by atoms with Gasteiger partial charge < -0.3 is 10.5 Å². The van der Waals surface area contributed by atoms with Crippen LogP contribution in [0.15, 0.2) is 24.3 Å². The van der Waals surface area contributed by atoms with Crippen LogP contribution >= 0.6 is 11.6 Å². The number of nitrogens with zero attached hydrogens (tertiary/aromatic N) is 1. The Labute approximate surface area is 114 Å². The Morgan fingerprint density at radius 2 is 2.00 bits per heavy atom. The number of benzene rings is 1. The van der Waals surface area contributed by atoms with E-state index in [2.05, 4.69) is 4.90 Å².